The van der Waals surface area contributed by atoms with Crippen molar-refractivity contribution >= 4 is 17.6 Å². The fraction of sp³-hybridized carbons (Fsp3) is 0.222. The van der Waals surface area contributed by atoms with Crippen LogP contribution in [0, 0.1) is 6.92 Å². The van der Waals surface area contributed by atoms with Crippen molar-refractivity contribution in [2.75, 3.05) is 19.0 Å². The molecule has 0 spiro atoms. The van der Waals surface area contributed by atoms with Crippen LogP contribution >= 0.6 is 0 Å². The largest absolute Gasteiger partial charge is 0.493 e. The molecule has 2 rings (SSSR count). The van der Waals surface area contributed by atoms with Crippen LogP contribution in [0.5, 0.6) is 5.75 Å². The van der Waals surface area contributed by atoms with Gasteiger partial charge in [-0.15, -0.1) is 0 Å². The Kier molecular flexibility index (Phi) is 5.74. The van der Waals surface area contributed by atoms with Crippen molar-refractivity contribution in [1.29, 1.82) is 0 Å². The molecule has 0 bridgehead atoms. The number of nitrogens with one attached hydrogen (secondary N) is 1. The van der Waals surface area contributed by atoms with Crippen molar-refractivity contribution in [2.24, 2.45) is 0 Å². The van der Waals surface area contributed by atoms with Crippen LogP contribution in [0.4, 0.5) is 5.69 Å². The van der Waals surface area contributed by atoms with Crippen LogP contribution in [0.15, 0.2) is 48.5 Å². The molecule has 0 aromatic heterocycles. The average molecular weight is 313 g/mol. The summed E-state index contributed by atoms with van der Waals surface area (Å²) in [7, 11) is 1.33. The Balaban J connectivity index is 1.81. The minimum absolute atomic E-state index is 0.149. The molecule has 0 aliphatic heterocycles. The molecule has 2 aromatic carbocycles. The second-order valence-corrected chi connectivity index (χ2v) is 4.98. The highest BCUT2D eigenvalue weighted by Gasteiger charge is 2.07. The minimum atomic E-state index is -0.408. The minimum Gasteiger partial charge on any atom is -0.493 e. The van der Waals surface area contributed by atoms with Gasteiger partial charge in [0.1, 0.15) is 5.75 Å². The van der Waals surface area contributed by atoms with Gasteiger partial charge in [0.25, 0.3) is 0 Å². The Morgan fingerprint density at radius 3 is 2.39 bits per heavy atom. The van der Waals surface area contributed by atoms with E-state index in [0.29, 0.717) is 17.9 Å². The monoisotopic (exact) mass is 313 g/mol. The van der Waals surface area contributed by atoms with E-state index in [-0.39, 0.29) is 12.3 Å². The predicted octanol–water partition coefficient (Wildman–Crippen LogP) is 3.19. The molecular weight excluding hydrogens is 294 g/mol. The molecule has 0 atom stereocenters. The van der Waals surface area contributed by atoms with Crippen LogP contribution in [0.25, 0.3) is 0 Å². The zero-order chi connectivity index (χ0) is 16.7. The molecule has 23 heavy (non-hydrogen) atoms. The van der Waals surface area contributed by atoms with Crippen molar-refractivity contribution < 1.29 is 19.1 Å². The van der Waals surface area contributed by atoms with Crippen LogP contribution in [-0.2, 0) is 9.53 Å². The normalized spacial score (nSPS) is 10.0. The van der Waals surface area contributed by atoms with Crippen molar-refractivity contribution in [3.05, 3.63) is 59.7 Å². The lowest BCUT2D eigenvalue weighted by atomic mass is 10.2. The maximum absolute atomic E-state index is 11.9. The van der Waals surface area contributed by atoms with Crippen LogP contribution in [-0.4, -0.2) is 25.6 Å². The fourth-order valence-corrected chi connectivity index (χ4v) is 2.00. The summed E-state index contributed by atoms with van der Waals surface area (Å²) in [5.74, 6) is 0.224. The topological polar surface area (TPSA) is 64.6 Å². The number of ether oxygens (including phenoxy) is 2. The molecule has 5 nitrogen and oxygen atoms in total. The number of esters is 1. The van der Waals surface area contributed by atoms with E-state index >= 15 is 0 Å². The van der Waals surface area contributed by atoms with Gasteiger partial charge in [-0.1, -0.05) is 18.2 Å². The van der Waals surface area contributed by atoms with E-state index < -0.39 is 5.97 Å². The van der Waals surface area contributed by atoms with E-state index in [1.807, 2.05) is 31.2 Å². The van der Waals surface area contributed by atoms with Gasteiger partial charge in [-0.3, -0.25) is 4.79 Å². The Labute approximate surface area is 135 Å². The van der Waals surface area contributed by atoms with E-state index in [4.69, 9.17) is 4.74 Å². The van der Waals surface area contributed by atoms with Crippen molar-refractivity contribution in [2.45, 2.75) is 13.3 Å². The summed E-state index contributed by atoms with van der Waals surface area (Å²) in [5, 5.41) is 2.76. The second kappa shape index (κ2) is 7.98. The summed E-state index contributed by atoms with van der Waals surface area (Å²) >= 11 is 0. The first-order valence-corrected chi connectivity index (χ1v) is 7.27. The standard InChI is InChI=1S/C18H19NO4/c1-13-5-3-4-6-16(13)23-12-11-17(20)19-15-9-7-14(8-10-15)18(21)22-2/h3-10H,11-12H2,1-2H3,(H,19,20). The first kappa shape index (κ1) is 16.5. The quantitative estimate of drug-likeness (QED) is 0.832. The highest BCUT2D eigenvalue weighted by molar-refractivity contribution is 5.93. The third kappa shape index (κ3) is 4.85. The number of amides is 1. The maximum atomic E-state index is 11.9. The predicted molar refractivity (Wildman–Crippen MR) is 87.7 cm³/mol. The van der Waals surface area contributed by atoms with Crippen LogP contribution in [0.2, 0.25) is 0 Å². The average Bonchev–Trinajstić information content (AvgIpc) is 2.56. The Hall–Kier alpha value is -2.82. The molecule has 120 valence electrons. The molecule has 0 saturated carbocycles. The number of anilines is 1. The summed E-state index contributed by atoms with van der Waals surface area (Å²) in [6, 6.07) is 14.2. The lowest BCUT2D eigenvalue weighted by Gasteiger charge is -2.09. The summed E-state index contributed by atoms with van der Waals surface area (Å²) in [6.45, 7) is 2.26. The van der Waals surface area contributed by atoms with Gasteiger partial charge in [0.15, 0.2) is 0 Å². The lowest BCUT2D eigenvalue weighted by molar-refractivity contribution is -0.116. The highest BCUT2D eigenvalue weighted by Crippen LogP contribution is 2.16. The fourth-order valence-electron chi connectivity index (χ4n) is 2.00. The summed E-state index contributed by atoms with van der Waals surface area (Å²) < 4.78 is 10.2. The molecule has 0 aliphatic rings. The SMILES string of the molecule is COC(=O)c1ccc(NC(=O)CCOc2ccccc2C)cc1. The summed E-state index contributed by atoms with van der Waals surface area (Å²) in [6.07, 6.45) is 0.243. The van der Waals surface area contributed by atoms with E-state index in [2.05, 4.69) is 10.1 Å². The zero-order valence-electron chi connectivity index (χ0n) is 13.2. The Morgan fingerprint density at radius 2 is 1.74 bits per heavy atom. The molecule has 0 saturated heterocycles. The van der Waals surface area contributed by atoms with Gasteiger partial charge >= 0.3 is 5.97 Å². The number of carbonyl (C=O) groups is 2. The summed E-state index contributed by atoms with van der Waals surface area (Å²) in [5.41, 5.74) is 2.10. The zero-order valence-corrected chi connectivity index (χ0v) is 13.2. The van der Waals surface area contributed by atoms with Crippen molar-refractivity contribution in [3.8, 4) is 5.75 Å². The van der Waals surface area contributed by atoms with Gasteiger partial charge in [0, 0.05) is 5.69 Å². The molecule has 0 radical (unpaired) electrons. The number of methoxy groups -OCH3 is 1. The Bertz CT molecular complexity index is 680. The number of hydrogen-bond donors (Lipinski definition) is 1. The molecule has 0 aliphatic carbocycles. The number of rotatable bonds is 6. The molecular formula is C18H19NO4. The number of benzene rings is 2. The molecule has 0 heterocycles. The van der Waals surface area contributed by atoms with E-state index in [9.17, 15) is 9.59 Å². The van der Waals surface area contributed by atoms with E-state index in [1.54, 1.807) is 24.3 Å². The van der Waals surface area contributed by atoms with E-state index in [1.165, 1.54) is 7.11 Å². The third-order valence-corrected chi connectivity index (χ3v) is 3.27. The van der Waals surface area contributed by atoms with Crippen molar-refractivity contribution in [3.63, 3.8) is 0 Å². The molecule has 1 N–H and O–H groups in total. The van der Waals surface area contributed by atoms with Crippen LogP contribution in [0.3, 0.4) is 0 Å². The number of carbonyl (C=O) groups excluding carboxylic acids is 2. The second-order valence-electron chi connectivity index (χ2n) is 4.98. The highest BCUT2D eigenvalue weighted by atomic mass is 16.5. The van der Waals surface area contributed by atoms with Crippen molar-refractivity contribution in [1.82, 2.24) is 0 Å². The first-order valence-electron chi connectivity index (χ1n) is 7.27. The molecule has 1 amide bonds. The molecule has 0 unspecified atom stereocenters. The maximum Gasteiger partial charge on any atom is 0.337 e. The number of para-hydroxylation sites is 1. The first-order chi connectivity index (χ1) is 11.1. The van der Waals surface area contributed by atoms with Gasteiger partial charge in [-0.2, -0.15) is 0 Å². The molecule has 5 heteroatoms. The van der Waals surface area contributed by atoms with Gasteiger partial charge in [-0.25, -0.2) is 4.79 Å². The Morgan fingerprint density at radius 1 is 1.04 bits per heavy atom. The van der Waals surface area contributed by atoms with E-state index in [0.717, 1.165) is 11.3 Å². The van der Waals surface area contributed by atoms with Gasteiger partial charge in [-0.05, 0) is 42.8 Å². The van der Waals surface area contributed by atoms with Crippen LogP contribution in [0.1, 0.15) is 22.3 Å². The molecule has 0 fully saturated rings. The van der Waals surface area contributed by atoms with Crippen LogP contribution < -0.4 is 10.1 Å². The van der Waals surface area contributed by atoms with Gasteiger partial charge in [0.05, 0.1) is 25.7 Å². The summed E-state index contributed by atoms with van der Waals surface area (Å²) in [4.78, 5) is 23.2. The third-order valence-electron chi connectivity index (χ3n) is 3.27. The number of hydrogen-bond acceptors (Lipinski definition) is 4. The van der Waals surface area contributed by atoms with Gasteiger partial charge in [0.2, 0.25) is 5.91 Å². The molecule has 2 aromatic rings. The van der Waals surface area contributed by atoms with Gasteiger partial charge < -0.3 is 14.8 Å². The number of aryl methyl sites for hydroxylation is 1. The smallest absolute Gasteiger partial charge is 0.337 e. The lowest BCUT2D eigenvalue weighted by Crippen LogP contribution is -2.15.